The lowest BCUT2D eigenvalue weighted by Gasteiger charge is -2.21. The van der Waals surface area contributed by atoms with E-state index in [2.05, 4.69) is 20.7 Å². The van der Waals surface area contributed by atoms with E-state index in [9.17, 15) is 0 Å². The van der Waals surface area contributed by atoms with Crippen molar-refractivity contribution in [2.24, 2.45) is 5.92 Å². The average molecular weight is 285 g/mol. The summed E-state index contributed by atoms with van der Waals surface area (Å²) in [6.45, 7) is 2.97. The van der Waals surface area contributed by atoms with Crippen molar-refractivity contribution < 1.29 is 4.74 Å². The standard InChI is InChI=1S/C17H23N3O/c1(4-15-6-10-21-11-7-15)2-9-20-13-17(19-14-20)16-5-3-8-18-12-16/h3,5,8,12-15H,1-2,4,6-7,9-11H2. The molecule has 2 aromatic heterocycles. The van der Waals surface area contributed by atoms with Crippen molar-refractivity contribution in [3.8, 4) is 11.3 Å². The molecule has 3 heterocycles. The lowest BCUT2D eigenvalue weighted by atomic mass is 9.94. The van der Waals surface area contributed by atoms with Gasteiger partial charge in [-0.2, -0.15) is 0 Å². The van der Waals surface area contributed by atoms with Gasteiger partial charge in [-0.15, -0.1) is 0 Å². The minimum atomic E-state index is 0.882. The van der Waals surface area contributed by atoms with Gasteiger partial charge in [0.1, 0.15) is 0 Å². The molecule has 1 saturated heterocycles. The van der Waals surface area contributed by atoms with Crippen LogP contribution in [0, 0.1) is 5.92 Å². The van der Waals surface area contributed by atoms with Crippen molar-refractivity contribution in [1.82, 2.24) is 14.5 Å². The van der Waals surface area contributed by atoms with Gasteiger partial charge in [0.25, 0.3) is 0 Å². The first-order valence-corrected chi connectivity index (χ1v) is 7.92. The molecule has 2 aromatic rings. The molecule has 4 nitrogen and oxygen atoms in total. The monoisotopic (exact) mass is 285 g/mol. The molecule has 21 heavy (non-hydrogen) atoms. The van der Waals surface area contributed by atoms with Crippen molar-refractivity contribution in [2.75, 3.05) is 13.2 Å². The van der Waals surface area contributed by atoms with E-state index < -0.39 is 0 Å². The number of aryl methyl sites for hydroxylation is 1. The highest BCUT2D eigenvalue weighted by atomic mass is 16.5. The predicted molar refractivity (Wildman–Crippen MR) is 82.9 cm³/mol. The van der Waals surface area contributed by atoms with Crippen molar-refractivity contribution in [3.05, 3.63) is 37.1 Å². The molecule has 0 aromatic carbocycles. The average Bonchev–Trinajstić information content (AvgIpc) is 3.02. The van der Waals surface area contributed by atoms with Gasteiger partial charge < -0.3 is 9.30 Å². The van der Waals surface area contributed by atoms with E-state index in [0.717, 1.165) is 36.9 Å². The number of pyridine rings is 1. The summed E-state index contributed by atoms with van der Waals surface area (Å²) < 4.78 is 7.59. The van der Waals surface area contributed by atoms with Gasteiger partial charge in [0.2, 0.25) is 0 Å². The number of nitrogens with zero attached hydrogens (tertiary/aromatic N) is 3. The van der Waals surface area contributed by atoms with Crippen LogP contribution in [-0.2, 0) is 11.3 Å². The Hall–Kier alpha value is -1.68. The number of rotatable bonds is 6. The molecule has 0 atom stereocenters. The molecule has 0 amide bonds. The van der Waals surface area contributed by atoms with E-state index >= 15 is 0 Å². The first-order valence-electron chi connectivity index (χ1n) is 7.92. The molecule has 1 aliphatic rings. The van der Waals surface area contributed by atoms with Crippen LogP contribution in [0.5, 0.6) is 0 Å². The highest BCUT2D eigenvalue weighted by Crippen LogP contribution is 2.21. The fourth-order valence-electron chi connectivity index (χ4n) is 2.91. The maximum atomic E-state index is 5.40. The molecular formula is C17H23N3O. The topological polar surface area (TPSA) is 39.9 Å². The molecule has 112 valence electrons. The predicted octanol–water partition coefficient (Wildman–Crippen LogP) is 3.54. The zero-order valence-corrected chi connectivity index (χ0v) is 12.4. The lowest BCUT2D eigenvalue weighted by Crippen LogP contribution is -2.15. The van der Waals surface area contributed by atoms with Gasteiger partial charge in [-0.3, -0.25) is 4.98 Å². The number of hydrogen-bond donors (Lipinski definition) is 0. The van der Waals surface area contributed by atoms with Gasteiger partial charge in [-0.25, -0.2) is 4.98 Å². The summed E-state index contributed by atoms with van der Waals surface area (Å²) in [4.78, 5) is 8.60. The van der Waals surface area contributed by atoms with E-state index in [-0.39, 0.29) is 0 Å². The number of unbranched alkanes of at least 4 members (excludes halogenated alkanes) is 1. The van der Waals surface area contributed by atoms with E-state index in [4.69, 9.17) is 4.74 Å². The molecule has 0 N–H and O–H groups in total. The Bertz CT molecular complexity index is 532. The zero-order chi connectivity index (χ0) is 14.3. The normalized spacial score (nSPS) is 16.2. The third-order valence-corrected chi connectivity index (χ3v) is 4.21. The summed E-state index contributed by atoms with van der Waals surface area (Å²) in [7, 11) is 0. The summed E-state index contributed by atoms with van der Waals surface area (Å²) in [6.07, 6.45) is 14.0. The zero-order valence-electron chi connectivity index (χ0n) is 12.4. The van der Waals surface area contributed by atoms with E-state index in [1.54, 1.807) is 6.20 Å². The third kappa shape index (κ3) is 4.14. The van der Waals surface area contributed by atoms with Crippen LogP contribution >= 0.6 is 0 Å². The fraction of sp³-hybridized carbons (Fsp3) is 0.529. The van der Waals surface area contributed by atoms with Gasteiger partial charge in [0.15, 0.2) is 0 Å². The Labute approximate surface area is 126 Å². The molecule has 3 rings (SSSR count). The van der Waals surface area contributed by atoms with Crippen LogP contribution in [0.25, 0.3) is 11.3 Å². The van der Waals surface area contributed by atoms with E-state index in [0.29, 0.717) is 0 Å². The Morgan fingerprint density at radius 3 is 2.95 bits per heavy atom. The van der Waals surface area contributed by atoms with Crippen LogP contribution in [0.15, 0.2) is 37.1 Å². The van der Waals surface area contributed by atoms with Gasteiger partial charge in [-0.05, 0) is 37.3 Å². The molecule has 0 radical (unpaired) electrons. The molecule has 0 aliphatic carbocycles. The van der Waals surface area contributed by atoms with E-state index in [1.165, 1.54) is 32.1 Å². The summed E-state index contributed by atoms with van der Waals surface area (Å²) in [5.74, 6) is 0.882. The van der Waals surface area contributed by atoms with Crippen molar-refractivity contribution in [1.29, 1.82) is 0 Å². The van der Waals surface area contributed by atoms with Crippen LogP contribution < -0.4 is 0 Å². The van der Waals surface area contributed by atoms with Crippen molar-refractivity contribution >= 4 is 0 Å². The molecule has 1 fully saturated rings. The minimum absolute atomic E-state index is 0.882. The third-order valence-electron chi connectivity index (χ3n) is 4.21. The van der Waals surface area contributed by atoms with Crippen molar-refractivity contribution in [3.63, 3.8) is 0 Å². The SMILES string of the molecule is c1cncc(-c2cn(CCCCC3CCOCC3)cn2)c1. The fourth-order valence-corrected chi connectivity index (χ4v) is 2.91. The van der Waals surface area contributed by atoms with Crippen LogP contribution in [0.1, 0.15) is 32.1 Å². The van der Waals surface area contributed by atoms with Gasteiger partial charge >= 0.3 is 0 Å². The summed E-state index contributed by atoms with van der Waals surface area (Å²) in [5.41, 5.74) is 2.09. The van der Waals surface area contributed by atoms with Crippen LogP contribution in [0.4, 0.5) is 0 Å². The summed E-state index contributed by atoms with van der Waals surface area (Å²) >= 11 is 0. The van der Waals surface area contributed by atoms with Gasteiger partial charge in [-0.1, -0.05) is 12.8 Å². The largest absolute Gasteiger partial charge is 0.381 e. The van der Waals surface area contributed by atoms with Crippen LogP contribution in [0.3, 0.4) is 0 Å². The molecule has 0 spiro atoms. The second-order valence-electron chi connectivity index (χ2n) is 5.79. The highest BCUT2D eigenvalue weighted by molar-refractivity contribution is 5.56. The highest BCUT2D eigenvalue weighted by Gasteiger charge is 2.12. The summed E-state index contributed by atoms with van der Waals surface area (Å²) in [6, 6.07) is 3.99. The second kappa shape index (κ2) is 7.36. The van der Waals surface area contributed by atoms with E-state index in [1.807, 2.05) is 24.7 Å². The first kappa shape index (κ1) is 14.3. The molecule has 0 bridgehead atoms. The van der Waals surface area contributed by atoms with Gasteiger partial charge in [0.05, 0.1) is 12.0 Å². The Morgan fingerprint density at radius 1 is 1.24 bits per heavy atom. The maximum Gasteiger partial charge on any atom is 0.0953 e. The maximum absolute atomic E-state index is 5.40. The van der Waals surface area contributed by atoms with Gasteiger partial charge in [0, 0.05) is 43.9 Å². The van der Waals surface area contributed by atoms with Crippen LogP contribution in [0.2, 0.25) is 0 Å². The molecular weight excluding hydrogens is 262 g/mol. The first-order chi connectivity index (χ1) is 10.4. The number of ether oxygens (including phenoxy) is 1. The van der Waals surface area contributed by atoms with Crippen molar-refractivity contribution in [2.45, 2.75) is 38.6 Å². The van der Waals surface area contributed by atoms with Crippen LogP contribution in [-0.4, -0.2) is 27.7 Å². The molecule has 4 heteroatoms. The molecule has 0 unspecified atom stereocenters. The molecule has 0 saturated carbocycles. The Balaban J connectivity index is 1.42. The second-order valence-corrected chi connectivity index (χ2v) is 5.79. The lowest BCUT2D eigenvalue weighted by molar-refractivity contribution is 0.0630. The summed E-state index contributed by atoms with van der Waals surface area (Å²) in [5, 5.41) is 0. The smallest absolute Gasteiger partial charge is 0.0953 e. The Kier molecular flexibility index (Phi) is 5.00. The quantitative estimate of drug-likeness (QED) is 0.762. The Morgan fingerprint density at radius 2 is 2.14 bits per heavy atom. The molecule has 1 aliphatic heterocycles. The number of aromatic nitrogens is 3. The number of hydrogen-bond acceptors (Lipinski definition) is 3. The number of imidazole rings is 1. The minimum Gasteiger partial charge on any atom is -0.381 e.